The standard InChI is InChI=1S/C16H16N2O2/c1-20-13-5-2-11(3-6-13)8-12-4-7-14-15(18-12)9-17-16(14)10-19/h2-7,10,16-17H,8-9H2,1H3. The average Bonchev–Trinajstić information content (AvgIpc) is 2.90. The fourth-order valence-corrected chi connectivity index (χ4v) is 2.47. The van der Waals surface area contributed by atoms with Crippen molar-refractivity contribution in [3.05, 3.63) is 58.9 Å². The topological polar surface area (TPSA) is 51.2 Å². The molecule has 3 rings (SSSR count). The lowest BCUT2D eigenvalue weighted by Gasteiger charge is -2.06. The van der Waals surface area contributed by atoms with Crippen LogP contribution in [0.25, 0.3) is 0 Å². The van der Waals surface area contributed by atoms with Crippen molar-refractivity contribution in [2.24, 2.45) is 0 Å². The van der Waals surface area contributed by atoms with E-state index in [1.165, 1.54) is 5.56 Å². The summed E-state index contributed by atoms with van der Waals surface area (Å²) in [5, 5.41) is 3.13. The number of benzene rings is 1. The van der Waals surface area contributed by atoms with Gasteiger partial charge in [0, 0.05) is 18.7 Å². The van der Waals surface area contributed by atoms with Gasteiger partial charge in [0.15, 0.2) is 0 Å². The minimum absolute atomic E-state index is 0.201. The summed E-state index contributed by atoms with van der Waals surface area (Å²) in [5.74, 6) is 0.855. The quantitative estimate of drug-likeness (QED) is 0.862. The van der Waals surface area contributed by atoms with Gasteiger partial charge in [-0.2, -0.15) is 0 Å². The Morgan fingerprint density at radius 3 is 2.80 bits per heavy atom. The first-order valence-corrected chi connectivity index (χ1v) is 6.60. The molecule has 0 saturated heterocycles. The van der Waals surface area contributed by atoms with Crippen molar-refractivity contribution in [2.45, 2.75) is 19.0 Å². The predicted molar refractivity (Wildman–Crippen MR) is 75.7 cm³/mol. The molecule has 4 nitrogen and oxygen atoms in total. The number of carbonyl (C=O) groups excluding carboxylic acids is 1. The van der Waals surface area contributed by atoms with E-state index in [2.05, 4.69) is 10.3 Å². The molecular weight excluding hydrogens is 252 g/mol. The third-order valence-corrected chi connectivity index (χ3v) is 3.57. The van der Waals surface area contributed by atoms with Crippen LogP contribution in [0, 0.1) is 0 Å². The summed E-state index contributed by atoms with van der Waals surface area (Å²) in [6.45, 7) is 0.662. The molecule has 1 aliphatic rings. The van der Waals surface area contributed by atoms with E-state index in [4.69, 9.17) is 4.74 Å². The van der Waals surface area contributed by atoms with Crippen LogP contribution in [-0.4, -0.2) is 18.4 Å². The molecular formula is C16H16N2O2. The minimum atomic E-state index is -0.201. The molecule has 0 amide bonds. The third-order valence-electron chi connectivity index (χ3n) is 3.57. The maximum Gasteiger partial charge on any atom is 0.141 e. The van der Waals surface area contributed by atoms with Gasteiger partial charge in [-0.3, -0.25) is 10.3 Å². The largest absolute Gasteiger partial charge is 0.497 e. The van der Waals surface area contributed by atoms with Crippen LogP contribution in [-0.2, 0) is 17.8 Å². The van der Waals surface area contributed by atoms with Crippen LogP contribution in [0.3, 0.4) is 0 Å². The Morgan fingerprint density at radius 1 is 1.30 bits per heavy atom. The summed E-state index contributed by atoms with van der Waals surface area (Å²) in [4.78, 5) is 15.5. The van der Waals surface area contributed by atoms with E-state index in [-0.39, 0.29) is 6.04 Å². The lowest BCUT2D eigenvalue weighted by atomic mass is 10.1. The summed E-state index contributed by atoms with van der Waals surface area (Å²) < 4.78 is 5.15. The van der Waals surface area contributed by atoms with Gasteiger partial charge in [0.05, 0.1) is 18.8 Å². The molecule has 4 heteroatoms. The Labute approximate surface area is 117 Å². The number of nitrogens with one attached hydrogen (secondary N) is 1. The number of pyridine rings is 1. The zero-order chi connectivity index (χ0) is 13.9. The fraction of sp³-hybridized carbons (Fsp3) is 0.250. The van der Waals surface area contributed by atoms with E-state index in [1.54, 1.807) is 7.11 Å². The lowest BCUT2D eigenvalue weighted by Crippen LogP contribution is -2.12. The number of rotatable bonds is 4. The van der Waals surface area contributed by atoms with Crippen LogP contribution in [0.4, 0.5) is 0 Å². The molecule has 1 atom stereocenters. The second-order valence-electron chi connectivity index (χ2n) is 4.86. The van der Waals surface area contributed by atoms with Crippen molar-refractivity contribution in [3.8, 4) is 5.75 Å². The highest BCUT2D eigenvalue weighted by Gasteiger charge is 2.22. The van der Waals surface area contributed by atoms with E-state index in [0.717, 1.165) is 35.4 Å². The summed E-state index contributed by atoms with van der Waals surface area (Å²) in [6, 6.07) is 11.8. The van der Waals surface area contributed by atoms with Gasteiger partial charge in [0.1, 0.15) is 12.0 Å². The van der Waals surface area contributed by atoms with Crippen molar-refractivity contribution in [1.82, 2.24) is 10.3 Å². The van der Waals surface area contributed by atoms with Gasteiger partial charge in [0.25, 0.3) is 0 Å². The van der Waals surface area contributed by atoms with Crippen molar-refractivity contribution < 1.29 is 9.53 Å². The highest BCUT2D eigenvalue weighted by molar-refractivity contribution is 5.63. The molecule has 20 heavy (non-hydrogen) atoms. The van der Waals surface area contributed by atoms with E-state index in [9.17, 15) is 4.79 Å². The van der Waals surface area contributed by atoms with Gasteiger partial charge in [-0.15, -0.1) is 0 Å². The molecule has 0 bridgehead atoms. The molecule has 0 saturated carbocycles. The van der Waals surface area contributed by atoms with E-state index in [1.807, 2.05) is 36.4 Å². The molecule has 0 spiro atoms. The zero-order valence-electron chi connectivity index (χ0n) is 11.3. The Hall–Kier alpha value is -2.20. The molecule has 0 fully saturated rings. The normalized spacial score (nSPS) is 16.8. The molecule has 1 aromatic heterocycles. The molecule has 1 aliphatic heterocycles. The van der Waals surface area contributed by atoms with Gasteiger partial charge in [0.2, 0.25) is 0 Å². The predicted octanol–water partition coefficient (Wildman–Crippen LogP) is 2.02. The zero-order valence-corrected chi connectivity index (χ0v) is 11.3. The first-order valence-electron chi connectivity index (χ1n) is 6.60. The van der Waals surface area contributed by atoms with Gasteiger partial charge in [-0.25, -0.2) is 0 Å². The lowest BCUT2D eigenvalue weighted by molar-refractivity contribution is -0.109. The Bertz CT molecular complexity index is 623. The van der Waals surface area contributed by atoms with Gasteiger partial charge in [-0.1, -0.05) is 18.2 Å². The fourth-order valence-electron chi connectivity index (χ4n) is 2.47. The van der Waals surface area contributed by atoms with Crippen molar-refractivity contribution in [3.63, 3.8) is 0 Å². The number of methoxy groups -OCH3 is 1. The van der Waals surface area contributed by atoms with E-state index < -0.39 is 0 Å². The number of aldehydes is 1. The first kappa shape index (κ1) is 12.8. The second-order valence-corrected chi connectivity index (χ2v) is 4.86. The highest BCUT2D eigenvalue weighted by atomic mass is 16.5. The molecule has 2 aromatic rings. The average molecular weight is 268 g/mol. The van der Waals surface area contributed by atoms with Gasteiger partial charge >= 0.3 is 0 Å². The van der Waals surface area contributed by atoms with Crippen LogP contribution in [0.5, 0.6) is 5.75 Å². The number of nitrogens with zero attached hydrogens (tertiary/aromatic N) is 1. The smallest absolute Gasteiger partial charge is 0.141 e. The molecule has 1 N–H and O–H groups in total. The maximum absolute atomic E-state index is 10.9. The van der Waals surface area contributed by atoms with E-state index >= 15 is 0 Å². The number of aromatic nitrogens is 1. The molecule has 1 unspecified atom stereocenters. The third kappa shape index (κ3) is 2.42. The number of ether oxygens (including phenoxy) is 1. The molecule has 2 heterocycles. The van der Waals surface area contributed by atoms with Crippen molar-refractivity contribution in [1.29, 1.82) is 0 Å². The van der Waals surface area contributed by atoms with Crippen LogP contribution in [0.15, 0.2) is 36.4 Å². The summed E-state index contributed by atoms with van der Waals surface area (Å²) >= 11 is 0. The SMILES string of the molecule is COc1ccc(Cc2ccc3c(n2)CNC3C=O)cc1. The molecule has 1 aromatic carbocycles. The maximum atomic E-state index is 10.9. The van der Waals surface area contributed by atoms with Crippen LogP contribution < -0.4 is 10.1 Å². The van der Waals surface area contributed by atoms with Gasteiger partial charge < -0.3 is 9.53 Å². The van der Waals surface area contributed by atoms with E-state index in [0.29, 0.717) is 6.54 Å². The molecule has 0 radical (unpaired) electrons. The summed E-state index contributed by atoms with van der Waals surface area (Å²) in [6.07, 6.45) is 1.71. The Kier molecular flexibility index (Phi) is 3.48. The highest BCUT2D eigenvalue weighted by Crippen LogP contribution is 2.23. The number of fused-ring (bicyclic) bond motifs is 1. The summed E-state index contributed by atoms with van der Waals surface area (Å²) in [5.41, 5.74) is 4.19. The van der Waals surface area contributed by atoms with Crippen LogP contribution in [0.1, 0.15) is 28.6 Å². The van der Waals surface area contributed by atoms with Crippen molar-refractivity contribution >= 4 is 6.29 Å². The number of hydrogen-bond donors (Lipinski definition) is 1. The summed E-state index contributed by atoms with van der Waals surface area (Å²) in [7, 11) is 1.66. The first-order chi connectivity index (χ1) is 9.80. The van der Waals surface area contributed by atoms with Crippen LogP contribution in [0.2, 0.25) is 0 Å². The Balaban J connectivity index is 1.79. The minimum Gasteiger partial charge on any atom is -0.497 e. The van der Waals surface area contributed by atoms with Gasteiger partial charge in [-0.05, 0) is 29.3 Å². The Morgan fingerprint density at radius 2 is 2.10 bits per heavy atom. The monoisotopic (exact) mass is 268 g/mol. The van der Waals surface area contributed by atoms with Crippen molar-refractivity contribution in [2.75, 3.05) is 7.11 Å². The number of hydrogen-bond acceptors (Lipinski definition) is 4. The molecule has 102 valence electrons. The second kappa shape index (κ2) is 5.43. The molecule has 0 aliphatic carbocycles. The van der Waals surface area contributed by atoms with Crippen LogP contribution >= 0.6 is 0 Å². The number of carbonyl (C=O) groups is 1.